The molecule has 0 radical (unpaired) electrons. The Morgan fingerprint density at radius 3 is 2.61 bits per heavy atom. The number of imidazole rings is 1. The number of nitrogens with zero attached hydrogens (tertiary/aromatic N) is 5. The molecule has 9 heteroatoms. The topological polar surface area (TPSA) is 91.6 Å². The quantitative estimate of drug-likeness (QED) is 0.169. The van der Waals surface area contributed by atoms with Gasteiger partial charge in [-0.2, -0.15) is 0 Å². The molecule has 2 aliphatic heterocycles. The first-order valence-electron chi connectivity index (χ1n) is 16.3. The third kappa shape index (κ3) is 6.90. The number of hydrogen-bond donors (Lipinski definition) is 0. The average Bonchev–Trinajstić information content (AvgIpc) is 3.37. The highest BCUT2D eigenvalue weighted by Crippen LogP contribution is 2.30. The summed E-state index contributed by atoms with van der Waals surface area (Å²) in [4.78, 5) is 29.4. The molecule has 0 spiro atoms. The second-order valence-electron chi connectivity index (χ2n) is 13.4. The van der Waals surface area contributed by atoms with Gasteiger partial charge in [0.2, 0.25) is 5.88 Å². The first-order chi connectivity index (χ1) is 22.3. The van der Waals surface area contributed by atoms with Gasteiger partial charge in [0.15, 0.2) is 0 Å². The van der Waals surface area contributed by atoms with Crippen molar-refractivity contribution in [3.63, 3.8) is 0 Å². The van der Waals surface area contributed by atoms with Gasteiger partial charge in [-0.3, -0.25) is 9.88 Å². The normalized spacial score (nSPS) is 17.7. The molecule has 0 unspecified atom stereocenters. The highest BCUT2D eigenvalue weighted by molar-refractivity contribution is 5.94. The van der Waals surface area contributed by atoms with E-state index in [1.54, 1.807) is 0 Å². The molecule has 3 aromatic heterocycles. The molecular weight excluding hydrogens is 578 g/mol. The van der Waals surface area contributed by atoms with Gasteiger partial charge in [0.05, 0.1) is 35.8 Å². The number of carbonyl (C=O) groups excluding carboxylic acids is 1. The predicted octanol–water partition coefficient (Wildman–Crippen LogP) is 6.68. The molecule has 5 heterocycles. The van der Waals surface area contributed by atoms with E-state index in [0.717, 1.165) is 90.9 Å². The second-order valence-corrected chi connectivity index (χ2v) is 13.4. The summed E-state index contributed by atoms with van der Waals surface area (Å²) in [6, 6.07) is 20.1. The summed E-state index contributed by atoms with van der Waals surface area (Å²) in [7, 11) is 0. The Hall–Kier alpha value is -4.34. The minimum Gasteiger partial charge on any atom is -0.473 e. The van der Waals surface area contributed by atoms with Crippen LogP contribution in [-0.2, 0) is 29.2 Å². The number of benzene rings is 2. The van der Waals surface area contributed by atoms with Crippen molar-refractivity contribution in [3.05, 3.63) is 95.7 Å². The van der Waals surface area contributed by atoms with Crippen LogP contribution in [0.1, 0.15) is 73.4 Å². The third-order valence-corrected chi connectivity index (χ3v) is 8.85. The standard InChI is InChI=1S/C37H41N5O4/c1-37(2,3)46-36(43)28-9-10-32-33(20-28)42(22-30-14-18-44-30)34(39-32)23-41-16-12-26(13-17-41)31-5-4-6-35(40-31)45-24-25-7-8-29-21-38-15-11-27(29)19-25/h4-11,15,19-21,26,30H,12-14,16-18,22-24H2,1-3H3/t30-/m0/s1. The van der Waals surface area contributed by atoms with Crippen LogP contribution in [0.4, 0.5) is 0 Å². The summed E-state index contributed by atoms with van der Waals surface area (Å²) in [5, 5.41) is 2.27. The van der Waals surface area contributed by atoms with Crippen molar-refractivity contribution in [3.8, 4) is 5.88 Å². The van der Waals surface area contributed by atoms with E-state index in [9.17, 15) is 4.79 Å². The molecule has 7 rings (SSSR count). The number of carbonyl (C=O) groups is 1. The fourth-order valence-electron chi connectivity index (χ4n) is 6.30. The van der Waals surface area contributed by atoms with E-state index in [2.05, 4.69) is 38.7 Å². The Balaban J connectivity index is 1.00. The molecule has 0 bridgehead atoms. The molecule has 238 valence electrons. The molecule has 0 amide bonds. The summed E-state index contributed by atoms with van der Waals surface area (Å²) >= 11 is 0. The molecule has 2 aromatic carbocycles. The summed E-state index contributed by atoms with van der Waals surface area (Å²) in [5.74, 6) is 1.72. The minimum atomic E-state index is -0.552. The van der Waals surface area contributed by atoms with Crippen molar-refractivity contribution in [2.45, 2.75) is 77.4 Å². The third-order valence-electron chi connectivity index (χ3n) is 8.85. The summed E-state index contributed by atoms with van der Waals surface area (Å²) in [6.45, 7) is 10.3. The van der Waals surface area contributed by atoms with E-state index in [1.807, 2.05) is 69.6 Å². The van der Waals surface area contributed by atoms with Gasteiger partial charge in [-0.25, -0.2) is 14.8 Å². The van der Waals surface area contributed by atoms with E-state index in [4.69, 9.17) is 24.2 Å². The van der Waals surface area contributed by atoms with Crippen LogP contribution >= 0.6 is 0 Å². The molecule has 1 atom stereocenters. The molecule has 9 nitrogen and oxygen atoms in total. The van der Waals surface area contributed by atoms with Gasteiger partial charge >= 0.3 is 5.97 Å². The van der Waals surface area contributed by atoms with Crippen LogP contribution < -0.4 is 4.74 Å². The van der Waals surface area contributed by atoms with Crippen LogP contribution in [0.25, 0.3) is 21.8 Å². The smallest absolute Gasteiger partial charge is 0.338 e. The summed E-state index contributed by atoms with van der Waals surface area (Å²) in [6.07, 6.45) is 6.93. The predicted molar refractivity (Wildman–Crippen MR) is 177 cm³/mol. The zero-order valence-corrected chi connectivity index (χ0v) is 26.8. The van der Waals surface area contributed by atoms with Crippen LogP contribution in [0.3, 0.4) is 0 Å². The maximum atomic E-state index is 12.8. The highest BCUT2D eigenvalue weighted by Gasteiger charge is 2.27. The molecule has 0 saturated carbocycles. The zero-order chi connectivity index (χ0) is 31.7. The van der Waals surface area contributed by atoms with Gasteiger partial charge in [-0.1, -0.05) is 18.2 Å². The number of rotatable bonds is 9. The van der Waals surface area contributed by atoms with Crippen molar-refractivity contribution < 1.29 is 19.0 Å². The highest BCUT2D eigenvalue weighted by atomic mass is 16.6. The van der Waals surface area contributed by atoms with E-state index in [-0.39, 0.29) is 12.1 Å². The van der Waals surface area contributed by atoms with Gasteiger partial charge in [0, 0.05) is 42.1 Å². The van der Waals surface area contributed by atoms with E-state index < -0.39 is 5.60 Å². The van der Waals surface area contributed by atoms with Crippen molar-refractivity contribution in [2.75, 3.05) is 19.7 Å². The number of aromatic nitrogens is 4. The number of hydrogen-bond acceptors (Lipinski definition) is 8. The Bertz CT molecular complexity index is 1850. The van der Waals surface area contributed by atoms with E-state index >= 15 is 0 Å². The molecule has 2 fully saturated rings. The maximum Gasteiger partial charge on any atom is 0.338 e. The molecule has 2 saturated heterocycles. The lowest BCUT2D eigenvalue weighted by atomic mass is 9.93. The van der Waals surface area contributed by atoms with Crippen molar-refractivity contribution in [2.24, 2.45) is 0 Å². The number of likely N-dealkylation sites (tertiary alicyclic amines) is 1. The number of fused-ring (bicyclic) bond motifs is 2. The first-order valence-corrected chi connectivity index (χ1v) is 16.3. The number of piperidine rings is 1. The molecular formula is C37H41N5O4. The Morgan fingerprint density at radius 2 is 1.83 bits per heavy atom. The van der Waals surface area contributed by atoms with E-state index in [0.29, 0.717) is 24.0 Å². The first kappa shape index (κ1) is 30.3. The zero-order valence-electron chi connectivity index (χ0n) is 26.8. The van der Waals surface area contributed by atoms with E-state index in [1.165, 1.54) is 0 Å². The van der Waals surface area contributed by atoms with Gasteiger partial charge in [0.1, 0.15) is 18.0 Å². The van der Waals surface area contributed by atoms with Gasteiger partial charge in [-0.15, -0.1) is 0 Å². The largest absolute Gasteiger partial charge is 0.473 e. The Labute approximate surface area is 269 Å². The van der Waals surface area contributed by atoms with Crippen molar-refractivity contribution >= 4 is 27.8 Å². The minimum absolute atomic E-state index is 0.172. The average molecular weight is 620 g/mol. The Morgan fingerprint density at radius 1 is 0.978 bits per heavy atom. The summed E-state index contributed by atoms with van der Waals surface area (Å²) in [5.41, 5.74) is 4.02. The molecule has 5 aromatic rings. The lowest BCUT2D eigenvalue weighted by molar-refractivity contribution is -0.0592. The van der Waals surface area contributed by atoms with Crippen LogP contribution in [0.15, 0.2) is 73.1 Å². The van der Waals surface area contributed by atoms with Gasteiger partial charge in [-0.05, 0) is 100 Å². The second kappa shape index (κ2) is 12.8. The number of esters is 1. The lowest BCUT2D eigenvalue weighted by Gasteiger charge is -2.32. The SMILES string of the molecule is CC(C)(C)OC(=O)c1ccc2nc(CN3CCC(c4cccc(OCc5ccc6cnccc6c5)n4)CC3)n(C[C@@H]3CCO3)c2c1. The molecule has 46 heavy (non-hydrogen) atoms. The molecule has 0 aliphatic carbocycles. The van der Waals surface area contributed by atoms with Crippen molar-refractivity contribution in [1.82, 2.24) is 24.4 Å². The van der Waals surface area contributed by atoms with Crippen LogP contribution in [0.2, 0.25) is 0 Å². The van der Waals surface area contributed by atoms with Crippen LogP contribution in [-0.4, -0.2) is 61.8 Å². The van der Waals surface area contributed by atoms with Gasteiger partial charge < -0.3 is 18.8 Å². The molecule has 2 aliphatic rings. The van der Waals surface area contributed by atoms with Crippen LogP contribution in [0, 0.1) is 0 Å². The van der Waals surface area contributed by atoms with Gasteiger partial charge in [0.25, 0.3) is 0 Å². The van der Waals surface area contributed by atoms with Crippen molar-refractivity contribution in [1.29, 1.82) is 0 Å². The maximum absolute atomic E-state index is 12.8. The number of pyridine rings is 2. The monoisotopic (exact) mass is 619 g/mol. The lowest BCUT2D eigenvalue weighted by Crippen LogP contribution is -2.35. The fraction of sp³-hybridized carbons (Fsp3) is 0.405. The summed E-state index contributed by atoms with van der Waals surface area (Å²) < 4.78 is 19.8. The van der Waals surface area contributed by atoms with Crippen LogP contribution in [0.5, 0.6) is 5.88 Å². The molecule has 0 N–H and O–H groups in total. The number of ether oxygens (including phenoxy) is 3. The fourth-order valence-corrected chi connectivity index (χ4v) is 6.30. The Kier molecular flexibility index (Phi) is 8.44.